The number of benzene rings is 3. The molecule has 0 unspecified atom stereocenters. The molecule has 0 heterocycles. The lowest BCUT2D eigenvalue weighted by Gasteiger charge is -2.07. The van der Waals surface area contributed by atoms with Gasteiger partial charge in [-0.05, 0) is 60.2 Å². The highest BCUT2D eigenvalue weighted by Gasteiger charge is 2.12. The molecule has 0 radical (unpaired) electrons. The number of aromatic hydroxyl groups is 1. The molecule has 1 amide bonds. The van der Waals surface area contributed by atoms with Crippen molar-refractivity contribution in [3.8, 4) is 23.0 Å². The maximum atomic E-state index is 11.8. The van der Waals surface area contributed by atoms with Crippen molar-refractivity contribution in [1.82, 2.24) is 0 Å². The lowest BCUT2D eigenvalue weighted by molar-refractivity contribution is -0.131. The predicted octanol–water partition coefficient (Wildman–Crippen LogP) is 4.37. The van der Waals surface area contributed by atoms with Crippen LogP contribution in [0, 0.1) is 0 Å². The van der Waals surface area contributed by atoms with Gasteiger partial charge in [0.05, 0.1) is 14.2 Å². The molecule has 3 aromatic rings. The fourth-order valence-electron chi connectivity index (χ4n) is 2.74. The molecule has 0 fully saturated rings. The highest BCUT2D eigenvalue weighted by molar-refractivity contribution is 5.94. The second-order valence-corrected chi connectivity index (χ2v) is 6.90. The lowest BCUT2D eigenvalue weighted by atomic mass is 10.2. The zero-order valence-corrected chi connectivity index (χ0v) is 19.3. The number of hydrogen-bond acceptors (Lipinski definition) is 7. The number of aliphatic carboxylic acids is 1. The molecule has 0 bridgehead atoms. The predicted molar refractivity (Wildman–Crippen MR) is 130 cm³/mol. The minimum atomic E-state index is -0.982. The van der Waals surface area contributed by atoms with E-state index >= 15 is 0 Å². The van der Waals surface area contributed by atoms with E-state index in [0.717, 1.165) is 11.6 Å². The van der Waals surface area contributed by atoms with Gasteiger partial charge in [0.15, 0.2) is 11.5 Å². The second-order valence-electron chi connectivity index (χ2n) is 6.90. The summed E-state index contributed by atoms with van der Waals surface area (Å²) in [6, 6.07) is 17.7. The number of carbonyl (C=O) groups is 3. The largest absolute Gasteiger partial charge is 0.507 e. The van der Waals surface area contributed by atoms with E-state index in [1.165, 1.54) is 32.2 Å². The van der Waals surface area contributed by atoms with Gasteiger partial charge in [-0.25, -0.2) is 9.59 Å². The number of phenols is 1. The smallest absolute Gasteiger partial charge is 0.347 e. The van der Waals surface area contributed by atoms with Crippen molar-refractivity contribution in [2.75, 3.05) is 19.5 Å². The van der Waals surface area contributed by atoms with Crippen molar-refractivity contribution in [2.24, 2.45) is 0 Å². The Morgan fingerprint density at radius 2 is 1.54 bits per heavy atom. The number of carbonyl (C=O) groups excluding carboxylic acids is 2. The number of para-hydroxylation sites is 1. The van der Waals surface area contributed by atoms with Crippen LogP contribution in [0.5, 0.6) is 23.0 Å². The van der Waals surface area contributed by atoms with Crippen LogP contribution in [0.3, 0.4) is 0 Å². The van der Waals surface area contributed by atoms with Gasteiger partial charge in [0.1, 0.15) is 17.1 Å². The first-order valence-corrected chi connectivity index (χ1v) is 10.2. The summed E-state index contributed by atoms with van der Waals surface area (Å²) in [5.74, 6) is -0.418. The monoisotopic (exact) mass is 479 g/mol. The first kappa shape index (κ1) is 26.5. The number of hydrogen-bond donors (Lipinski definition) is 3. The summed E-state index contributed by atoms with van der Waals surface area (Å²) in [6.45, 7) is 1.41. The van der Waals surface area contributed by atoms with E-state index in [4.69, 9.17) is 19.3 Å². The highest BCUT2D eigenvalue weighted by atomic mass is 16.5. The van der Waals surface area contributed by atoms with Crippen molar-refractivity contribution in [1.29, 1.82) is 0 Å². The van der Waals surface area contributed by atoms with Crippen LogP contribution in [0.4, 0.5) is 5.69 Å². The summed E-state index contributed by atoms with van der Waals surface area (Å²) in [7, 11) is 3.08. The minimum Gasteiger partial charge on any atom is -0.507 e. The van der Waals surface area contributed by atoms with Gasteiger partial charge in [0.2, 0.25) is 5.91 Å². The Morgan fingerprint density at radius 3 is 2.11 bits per heavy atom. The van der Waals surface area contributed by atoms with Crippen molar-refractivity contribution < 1.29 is 38.8 Å². The van der Waals surface area contributed by atoms with E-state index in [1.807, 2.05) is 0 Å². The van der Waals surface area contributed by atoms with E-state index in [0.29, 0.717) is 22.9 Å². The van der Waals surface area contributed by atoms with E-state index < -0.39 is 11.9 Å². The number of methoxy groups -OCH3 is 2. The van der Waals surface area contributed by atoms with Gasteiger partial charge in [-0.3, -0.25) is 4.79 Å². The Labute approximate surface area is 202 Å². The standard InChI is InChI=1S/C15H13NO4.C11H12O4/c1-10(17)16-11-6-8-12(9-7-11)20-15(19)13-4-2-3-5-14(13)18;1-14-9-5-3-8(4-6-11(12)13)7-10(9)15-2/h2-9,18H,1H3,(H,16,17);3-7H,1-2H3,(H,12,13). The molecule has 182 valence electrons. The first-order chi connectivity index (χ1) is 16.7. The number of amides is 1. The van der Waals surface area contributed by atoms with Gasteiger partial charge in [0, 0.05) is 18.7 Å². The molecule has 35 heavy (non-hydrogen) atoms. The maximum absolute atomic E-state index is 11.8. The Kier molecular flexibility index (Phi) is 9.86. The van der Waals surface area contributed by atoms with Crippen LogP contribution < -0.4 is 19.5 Å². The van der Waals surface area contributed by atoms with Crippen LogP contribution in [0.15, 0.2) is 72.8 Å². The third kappa shape index (κ3) is 8.58. The molecule has 0 aromatic heterocycles. The lowest BCUT2D eigenvalue weighted by Crippen LogP contribution is -2.09. The quantitative estimate of drug-likeness (QED) is 0.259. The average molecular weight is 479 g/mol. The molecule has 0 atom stereocenters. The van der Waals surface area contributed by atoms with E-state index in [9.17, 15) is 19.5 Å². The Hall–Kier alpha value is -4.79. The van der Waals surface area contributed by atoms with Crippen LogP contribution in [0.1, 0.15) is 22.8 Å². The Balaban J connectivity index is 0.000000258. The summed E-state index contributed by atoms with van der Waals surface area (Å²) < 4.78 is 15.3. The number of carboxylic acid groups (broad SMARTS) is 1. The zero-order valence-electron chi connectivity index (χ0n) is 19.3. The Morgan fingerprint density at radius 1 is 0.886 bits per heavy atom. The Bertz CT molecular complexity index is 1200. The number of carboxylic acids is 1. The molecule has 0 aliphatic rings. The van der Waals surface area contributed by atoms with Gasteiger partial charge in [-0.2, -0.15) is 0 Å². The number of phenolic OH excluding ortho intramolecular Hbond substituents is 1. The van der Waals surface area contributed by atoms with Gasteiger partial charge >= 0.3 is 11.9 Å². The molecule has 9 heteroatoms. The molecule has 0 spiro atoms. The molecule has 0 aliphatic carbocycles. The first-order valence-electron chi connectivity index (χ1n) is 10.2. The van der Waals surface area contributed by atoms with Crippen molar-refractivity contribution in [2.45, 2.75) is 6.92 Å². The third-order valence-corrected chi connectivity index (χ3v) is 4.34. The number of nitrogens with one attached hydrogen (secondary N) is 1. The number of ether oxygens (including phenoxy) is 3. The van der Waals surface area contributed by atoms with E-state index in [-0.39, 0.29) is 17.2 Å². The van der Waals surface area contributed by atoms with Crippen LogP contribution in [0.2, 0.25) is 0 Å². The van der Waals surface area contributed by atoms with E-state index in [2.05, 4.69) is 5.32 Å². The molecular formula is C26H25NO8. The van der Waals surface area contributed by atoms with Crippen molar-refractivity contribution in [3.05, 3.63) is 83.9 Å². The van der Waals surface area contributed by atoms with Crippen molar-refractivity contribution >= 4 is 29.6 Å². The number of esters is 1. The average Bonchev–Trinajstić information content (AvgIpc) is 2.84. The molecule has 0 saturated heterocycles. The summed E-state index contributed by atoms with van der Waals surface area (Å²) in [6.07, 6.45) is 2.56. The summed E-state index contributed by atoms with van der Waals surface area (Å²) in [5, 5.41) is 20.6. The van der Waals surface area contributed by atoms with Crippen LogP contribution in [0.25, 0.3) is 6.08 Å². The van der Waals surface area contributed by atoms with Crippen LogP contribution >= 0.6 is 0 Å². The molecule has 0 aliphatic heterocycles. The second kappa shape index (κ2) is 13.0. The third-order valence-electron chi connectivity index (χ3n) is 4.34. The van der Waals surface area contributed by atoms with Crippen LogP contribution in [-0.4, -0.2) is 42.3 Å². The van der Waals surface area contributed by atoms with Gasteiger partial charge in [-0.15, -0.1) is 0 Å². The molecule has 0 saturated carbocycles. The van der Waals surface area contributed by atoms with E-state index in [1.54, 1.807) is 61.7 Å². The SMILES string of the molecule is CC(=O)Nc1ccc(OC(=O)c2ccccc2O)cc1.COc1ccc(C=CC(=O)O)cc1OC. The fraction of sp³-hybridized carbons (Fsp3) is 0.115. The number of rotatable bonds is 7. The van der Waals surface area contributed by atoms with Gasteiger partial charge in [-0.1, -0.05) is 18.2 Å². The van der Waals surface area contributed by atoms with Gasteiger partial charge < -0.3 is 29.7 Å². The minimum absolute atomic E-state index is 0.0958. The maximum Gasteiger partial charge on any atom is 0.347 e. The highest BCUT2D eigenvalue weighted by Crippen LogP contribution is 2.28. The fourth-order valence-corrected chi connectivity index (χ4v) is 2.74. The summed E-state index contributed by atoms with van der Waals surface area (Å²) in [5.41, 5.74) is 1.45. The van der Waals surface area contributed by atoms with Crippen molar-refractivity contribution in [3.63, 3.8) is 0 Å². The molecule has 3 rings (SSSR count). The summed E-state index contributed by atoms with van der Waals surface area (Å²) >= 11 is 0. The normalized spacial score (nSPS) is 10.0. The molecule has 3 aromatic carbocycles. The van der Waals surface area contributed by atoms with Gasteiger partial charge in [0.25, 0.3) is 0 Å². The molecular weight excluding hydrogens is 454 g/mol. The summed E-state index contributed by atoms with van der Waals surface area (Å²) in [4.78, 5) is 33.0. The molecule has 9 nitrogen and oxygen atoms in total. The number of anilines is 1. The zero-order chi connectivity index (χ0) is 25.8. The molecule has 3 N–H and O–H groups in total. The topological polar surface area (TPSA) is 131 Å². The van der Waals surface area contributed by atoms with Crippen LogP contribution in [-0.2, 0) is 9.59 Å².